The van der Waals surface area contributed by atoms with Gasteiger partial charge < -0.3 is 4.74 Å². The summed E-state index contributed by atoms with van der Waals surface area (Å²) in [4.78, 5) is 11.2. The summed E-state index contributed by atoms with van der Waals surface area (Å²) in [5.41, 5.74) is 1.24. The van der Waals surface area contributed by atoms with Crippen LogP contribution in [0, 0.1) is 11.8 Å². The first kappa shape index (κ1) is 11.5. The molecule has 2 nitrogen and oxygen atoms in total. The summed E-state index contributed by atoms with van der Waals surface area (Å²) >= 11 is 5.90. The lowest BCUT2D eigenvalue weighted by Gasteiger charge is -2.01. The summed E-state index contributed by atoms with van der Waals surface area (Å²) in [6.45, 7) is 0. The maximum Gasteiger partial charge on any atom is 0.308 e. The van der Waals surface area contributed by atoms with Gasteiger partial charge >= 0.3 is 5.97 Å². The molecule has 0 heterocycles. The SMILES string of the molecule is COC(=O)C1CC1CCc1cccc(Cl)c1. The smallest absolute Gasteiger partial charge is 0.308 e. The van der Waals surface area contributed by atoms with Crippen molar-refractivity contribution in [2.45, 2.75) is 19.3 Å². The van der Waals surface area contributed by atoms with E-state index in [0.717, 1.165) is 24.3 Å². The maximum absolute atomic E-state index is 11.2. The van der Waals surface area contributed by atoms with E-state index in [0.29, 0.717) is 5.92 Å². The summed E-state index contributed by atoms with van der Waals surface area (Å²) in [6.07, 6.45) is 3.01. The number of benzene rings is 1. The fraction of sp³-hybridized carbons (Fsp3) is 0.462. The molecular weight excluding hydrogens is 224 g/mol. The van der Waals surface area contributed by atoms with Crippen LogP contribution in [-0.2, 0) is 16.0 Å². The number of carbonyl (C=O) groups is 1. The molecule has 1 aliphatic carbocycles. The van der Waals surface area contributed by atoms with E-state index < -0.39 is 0 Å². The van der Waals surface area contributed by atoms with Crippen molar-refractivity contribution < 1.29 is 9.53 Å². The van der Waals surface area contributed by atoms with Crippen molar-refractivity contribution in [2.24, 2.45) is 11.8 Å². The molecule has 0 saturated heterocycles. The highest BCUT2D eigenvalue weighted by Gasteiger charge is 2.43. The lowest BCUT2D eigenvalue weighted by Crippen LogP contribution is -2.04. The molecule has 0 bridgehead atoms. The molecule has 86 valence electrons. The number of halogens is 1. The van der Waals surface area contributed by atoms with Gasteiger partial charge in [0.1, 0.15) is 0 Å². The van der Waals surface area contributed by atoms with Crippen molar-refractivity contribution in [1.29, 1.82) is 0 Å². The number of ether oxygens (including phenoxy) is 1. The van der Waals surface area contributed by atoms with Crippen LogP contribution in [0.3, 0.4) is 0 Å². The Morgan fingerprint density at radius 1 is 1.56 bits per heavy atom. The predicted octanol–water partition coefficient (Wildman–Crippen LogP) is 3.08. The number of hydrogen-bond acceptors (Lipinski definition) is 2. The van der Waals surface area contributed by atoms with Gasteiger partial charge in [0.05, 0.1) is 13.0 Å². The average molecular weight is 239 g/mol. The number of esters is 1. The minimum atomic E-state index is -0.0592. The van der Waals surface area contributed by atoms with Crippen LogP contribution in [0.25, 0.3) is 0 Å². The molecule has 2 rings (SSSR count). The maximum atomic E-state index is 11.2. The van der Waals surface area contributed by atoms with Gasteiger partial charge in [0.15, 0.2) is 0 Å². The quantitative estimate of drug-likeness (QED) is 0.754. The molecule has 0 radical (unpaired) electrons. The van der Waals surface area contributed by atoms with Gasteiger partial charge in [-0.3, -0.25) is 4.79 Å². The Hall–Kier alpha value is -1.02. The Morgan fingerprint density at radius 3 is 3.06 bits per heavy atom. The van der Waals surface area contributed by atoms with Crippen LogP contribution in [0.5, 0.6) is 0 Å². The Morgan fingerprint density at radius 2 is 2.38 bits per heavy atom. The summed E-state index contributed by atoms with van der Waals surface area (Å²) in [7, 11) is 1.45. The van der Waals surface area contributed by atoms with E-state index >= 15 is 0 Å². The van der Waals surface area contributed by atoms with Crippen molar-refractivity contribution in [3.8, 4) is 0 Å². The van der Waals surface area contributed by atoms with E-state index in [2.05, 4.69) is 6.07 Å². The van der Waals surface area contributed by atoms with Gasteiger partial charge in [-0.2, -0.15) is 0 Å². The molecule has 1 saturated carbocycles. The van der Waals surface area contributed by atoms with Crippen LogP contribution >= 0.6 is 11.6 Å². The highest BCUT2D eigenvalue weighted by atomic mass is 35.5. The summed E-state index contributed by atoms with van der Waals surface area (Å²) < 4.78 is 4.72. The highest BCUT2D eigenvalue weighted by molar-refractivity contribution is 6.30. The molecule has 1 aliphatic rings. The van der Waals surface area contributed by atoms with Crippen molar-refractivity contribution in [3.63, 3.8) is 0 Å². The van der Waals surface area contributed by atoms with E-state index in [1.54, 1.807) is 0 Å². The first-order valence-electron chi connectivity index (χ1n) is 5.53. The molecular formula is C13H15ClO2. The largest absolute Gasteiger partial charge is 0.469 e. The summed E-state index contributed by atoms with van der Waals surface area (Å²) in [6, 6.07) is 7.89. The van der Waals surface area contributed by atoms with Crippen LogP contribution in [0.4, 0.5) is 0 Å². The molecule has 0 aliphatic heterocycles. The van der Waals surface area contributed by atoms with Crippen molar-refractivity contribution >= 4 is 17.6 Å². The van der Waals surface area contributed by atoms with Crippen LogP contribution < -0.4 is 0 Å². The van der Waals surface area contributed by atoms with Crippen molar-refractivity contribution in [2.75, 3.05) is 7.11 Å². The number of carbonyl (C=O) groups excluding carboxylic acids is 1. The molecule has 0 aromatic heterocycles. The summed E-state index contributed by atoms with van der Waals surface area (Å²) in [5, 5.41) is 0.776. The monoisotopic (exact) mass is 238 g/mol. The Bertz CT molecular complexity index is 389. The van der Waals surface area contributed by atoms with Gasteiger partial charge in [-0.15, -0.1) is 0 Å². The van der Waals surface area contributed by atoms with Crippen LogP contribution in [0.2, 0.25) is 5.02 Å². The van der Waals surface area contributed by atoms with E-state index in [1.807, 2.05) is 18.2 Å². The minimum Gasteiger partial charge on any atom is -0.469 e. The number of rotatable bonds is 4. The lowest BCUT2D eigenvalue weighted by molar-refractivity contribution is -0.142. The molecule has 1 fully saturated rings. The normalized spacial score (nSPS) is 22.9. The number of methoxy groups -OCH3 is 1. The highest BCUT2D eigenvalue weighted by Crippen LogP contribution is 2.42. The molecule has 1 aromatic carbocycles. The van der Waals surface area contributed by atoms with Gasteiger partial charge in [0, 0.05) is 5.02 Å². The molecule has 0 spiro atoms. The molecule has 2 unspecified atom stereocenters. The zero-order valence-electron chi connectivity index (χ0n) is 9.28. The first-order valence-corrected chi connectivity index (χ1v) is 5.91. The minimum absolute atomic E-state index is 0.0592. The standard InChI is InChI=1S/C13H15ClO2/c1-16-13(15)12-8-10(12)6-5-9-3-2-4-11(14)7-9/h2-4,7,10,12H,5-6,8H2,1H3. The van der Waals surface area contributed by atoms with Crippen LogP contribution in [0.1, 0.15) is 18.4 Å². The third kappa shape index (κ3) is 2.76. The Kier molecular flexibility index (Phi) is 3.49. The molecule has 0 amide bonds. The van der Waals surface area contributed by atoms with Crippen molar-refractivity contribution in [1.82, 2.24) is 0 Å². The predicted molar refractivity (Wildman–Crippen MR) is 63.4 cm³/mol. The Balaban J connectivity index is 1.79. The zero-order valence-corrected chi connectivity index (χ0v) is 10.0. The van der Waals surface area contributed by atoms with E-state index in [1.165, 1.54) is 12.7 Å². The fourth-order valence-electron chi connectivity index (χ4n) is 2.05. The van der Waals surface area contributed by atoms with Crippen molar-refractivity contribution in [3.05, 3.63) is 34.9 Å². The third-order valence-corrected chi connectivity index (χ3v) is 3.35. The van der Waals surface area contributed by atoms with E-state index in [4.69, 9.17) is 16.3 Å². The van der Waals surface area contributed by atoms with Crippen LogP contribution in [0.15, 0.2) is 24.3 Å². The molecule has 0 N–H and O–H groups in total. The Labute approximate surface area is 101 Å². The van der Waals surface area contributed by atoms with Gasteiger partial charge in [0.25, 0.3) is 0 Å². The van der Waals surface area contributed by atoms with Crippen LogP contribution in [-0.4, -0.2) is 13.1 Å². The molecule has 16 heavy (non-hydrogen) atoms. The molecule has 2 atom stereocenters. The van der Waals surface area contributed by atoms with Gasteiger partial charge in [-0.05, 0) is 42.9 Å². The number of aryl methyl sites for hydroxylation is 1. The van der Waals surface area contributed by atoms with E-state index in [9.17, 15) is 4.79 Å². The fourth-order valence-corrected chi connectivity index (χ4v) is 2.26. The molecule has 1 aromatic rings. The van der Waals surface area contributed by atoms with Gasteiger partial charge in [-0.1, -0.05) is 23.7 Å². The lowest BCUT2D eigenvalue weighted by atomic mass is 10.1. The number of hydrogen-bond donors (Lipinski definition) is 0. The second kappa shape index (κ2) is 4.88. The van der Waals surface area contributed by atoms with Gasteiger partial charge in [-0.25, -0.2) is 0 Å². The second-order valence-electron chi connectivity index (χ2n) is 4.29. The topological polar surface area (TPSA) is 26.3 Å². The van der Waals surface area contributed by atoms with E-state index in [-0.39, 0.29) is 11.9 Å². The zero-order chi connectivity index (χ0) is 11.5. The summed E-state index contributed by atoms with van der Waals surface area (Å²) in [5.74, 6) is 0.590. The first-order chi connectivity index (χ1) is 7.70. The van der Waals surface area contributed by atoms with Gasteiger partial charge in [0.2, 0.25) is 0 Å². The second-order valence-corrected chi connectivity index (χ2v) is 4.73. The third-order valence-electron chi connectivity index (χ3n) is 3.12. The molecule has 3 heteroatoms. The average Bonchev–Trinajstić information content (AvgIpc) is 3.05.